The van der Waals surface area contributed by atoms with Crippen molar-refractivity contribution in [2.24, 2.45) is 5.73 Å². The van der Waals surface area contributed by atoms with E-state index in [0.29, 0.717) is 17.5 Å². The van der Waals surface area contributed by atoms with Crippen molar-refractivity contribution in [3.8, 4) is 11.4 Å². The van der Waals surface area contributed by atoms with E-state index in [4.69, 9.17) is 5.73 Å². The molecule has 1 aromatic heterocycles. The SMILES string of the molecule is CNc1cc(NC(C)CC(N)=O)nc(-c2ccccc2)n1. The topological polar surface area (TPSA) is 92.9 Å². The quantitative estimate of drug-likeness (QED) is 0.753. The first-order valence-electron chi connectivity index (χ1n) is 6.75. The van der Waals surface area contributed by atoms with Gasteiger partial charge in [0.25, 0.3) is 0 Å². The summed E-state index contributed by atoms with van der Waals surface area (Å²) in [6.07, 6.45) is 0.250. The first-order valence-corrected chi connectivity index (χ1v) is 6.75. The van der Waals surface area contributed by atoms with Gasteiger partial charge in [0.05, 0.1) is 0 Å². The van der Waals surface area contributed by atoms with Crippen molar-refractivity contribution in [1.82, 2.24) is 9.97 Å². The zero-order valence-electron chi connectivity index (χ0n) is 12.1. The molecule has 1 amide bonds. The lowest BCUT2D eigenvalue weighted by atomic mass is 10.2. The smallest absolute Gasteiger partial charge is 0.219 e. The van der Waals surface area contributed by atoms with E-state index in [9.17, 15) is 4.79 Å². The number of anilines is 2. The number of rotatable bonds is 6. The third-order valence-corrected chi connectivity index (χ3v) is 2.92. The predicted molar refractivity (Wildman–Crippen MR) is 83.9 cm³/mol. The Balaban J connectivity index is 2.28. The summed E-state index contributed by atoms with van der Waals surface area (Å²) in [6, 6.07) is 11.4. The number of carbonyl (C=O) groups is 1. The molecule has 0 saturated heterocycles. The molecule has 0 saturated carbocycles. The van der Waals surface area contributed by atoms with Crippen molar-refractivity contribution >= 4 is 17.5 Å². The number of amides is 1. The third kappa shape index (κ3) is 4.17. The highest BCUT2D eigenvalue weighted by Gasteiger charge is 2.10. The van der Waals surface area contributed by atoms with Crippen molar-refractivity contribution in [1.29, 1.82) is 0 Å². The Kier molecular flexibility index (Phi) is 4.71. The number of aromatic nitrogens is 2. The van der Waals surface area contributed by atoms with Gasteiger partial charge in [-0.05, 0) is 6.92 Å². The fourth-order valence-electron chi connectivity index (χ4n) is 1.97. The maximum absolute atomic E-state index is 10.9. The van der Waals surface area contributed by atoms with Gasteiger partial charge >= 0.3 is 0 Å². The number of primary amides is 1. The Morgan fingerprint density at radius 1 is 1.24 bits per heavy atom. The Hall–Kier alpha value is -2.63. The maximum atomic E-state index is 10.9. The highest BCUT2D eigenvalue weighted by atomic mass is 16.1. The number of nitrogens with one attached hydrogen (secondary N) is 2. The number of nitrogens with two attached hydrogens (primary N) is 1. The van der Waals surface area contributed by atoms with E-state index >= 15 is 0 Å². The molecule has 0 aliphatic heterocycles. The van der Waals surface area contributed by atoms with Crippen LogP contribution in [-0.2, 0) is 4.79 Å². The summed E-state index contributed by atoms with van der Waals surface area (Å²) in [5.74, 6) is 1.64. The molecule has 110 valence electrons. The van der Waals surface area contributed by atoms with E-state index in [0.717, 1.165) is 5.56 Å². The second-order valence-electron chi connectivity index (χ2n) is 4.79. The molecule has 0 bridgehead atoms. The van der Waals surface area contributed by atoms with E-state index in [1.54, 1.807) is 13.1 Å². The van der Waals surface area contributed by atoms with Gasteiger partial charge in [0.15, 0.2) is 5.82 Å². The molecule has 0 spiro atoms. The molecule has 1 heterocycles. The lowest BCUT2D eigenvalue weighted by Gasteiger charge is -2.14. The van der Waals surface area contributed by atoms with Crippen LogP contribution in [0.2, 0.25) is 0 Å². The molecule has 0 aliphatic carbocycles. The van der Waals surface area contributed by atoms with Crippen LogP contribution in [0.25, 0.3) is 11.4 Å². The molecule has 1 aromatic carbocycles. The Morgan fingerprint density at radius 2 is 1.90 bits per heavy atom. The molecule has 0 radical (unpaired) electrons. The van der Waals surface area contributed by atoms with Crippen molar-refractivity contribution < 1.29 is 4.79 Å². The van der Waals surface area contributed by atoms with Gasteiger partial charge in [0.1, 0.15) is 11.6 Å². The van der Waals surface area contributed by atoms with Crippen LogP contribution in [-0.4, -0.2) is 29.0 Å². The van der Waals surface area contributed by atoms with Gasteiger partial charge in [-0.1, -0.05) is 30.3 Å². The molecule has 21 heavy (non-hydrogen) atoms. The monoisotopic (exact) mass is 285 g/mol. The molecule has 4 N–H and O–H groups in total. The molecule has 2 rings (SSSR count). The molecular weight excluding hydrogens is 266 g/mol. The number of nitrogens with zero attached hydrogens (tertiary/aromatic N) is 2. The number of carbonyl (C=O) groups excluding carboxylic acids is 1. The standard InChI is InChI=1S/C15H19N5O/c1-10(8-12(16)21)18-14-9-13(17-2)19-15(20-14)11-6-4-3-5-7-11/h3-7,9-10H,8H2,1-2H3,(H2,16,21)(H2,17,18,19,20). The van der Waals surface area contributed by atoms with Crippen molar-refractivity contribution in [3.63, 3.8) is 0 Å². The highest BCUT2D eigenvalue weighted by molar-refractivity contribution is 5.75. The van der Waals surface area contributed by atoms with Crippen LogP contribution < -0.4 is 16.4 Å². The van der Waals surface area contributed by atoms with E-state index in [1.807, 2.05) is 37.3 Å². The second kappa shape index (κ2) is 6.69. The average molecular weight is 285 g/mol. The molecule has 2 aromatic rings. The van der Waals surface area contributed by atoms with Crippen molar-refractivity contribution in [2.45, 2.75) is 19.4 Å². The summed E-state index contributed by atoms with van der Waals surface area (Å²) < 4.78 is 0. The van der Waals surface area contributed by atoms with Crippen molar-refractivity contribution in [3.05, 3.63) is 36.4 Å². The Morgan fingerprint density at radius 3 is 2.52 bits per heavy atom. The fourth-order valence-corrected chi connectivity index (χ4v) is 1.97. The molecule has 6 nitrogen and oxygen atoms in total. The molecule has 1 atom stereocenters. The number of hydrogen-bond acceptors (Lipinski definition) is 5. The van der Waals surface area contributed by atoms with E-state index in [2.05, 4.69) is 20.6 Å². The zero-order chi connectivity index (χ0) is 15.2. The summed E-state index contributed by atoms with van der Waals surface area (Å²) in [5.41, 5.74) is 6.13. The third-order valence-electron chi connectivity index (χ3n) is 2.92. The highest BCUT2D eigenvalue weighted by Crippen LogP contribution is 2.20. The minimum atomic E-state index is -0.346. The second-order valence-corrected chi connectivity index (χ2v) is 4.79. The Labute approximate surface area is 123 Å². The predicted octanol–water partition coefficient (Wildman–Crippen LogP) is 1.86. The van der Waals surface area contributed by atoms with E-state index < -0.39 is 0 Å². The van der Waals surface area contributed by atoms with Crippen LogP contribution in [0.5, 0.6) is 0 Å². The summed E-state index contributed by atoms with van der Waals surface area (Å²) in [4.78, 5) is 19.9. The number of hydrogen-bond donors (Lipinski definition) is 3. The summed E-state index contributed by atoms with van der Waals surface area (Å²) >= 11 is 0. The lowest BCUT2D eigenvalue weighted by molar-refractivity contribution is -0.118. The van der Waals surface area contributed by atoms with Gasteiger partial charge in [-0.15, -0.1) is 0 Å². The van der Waals surface area contributed by atoms with Crippen LogP contribution in [0.3, 0.4) is 0 Å². The van der Waals surface area contributed by atoms with Crippen LogP contribution in [0, 0.1) is 0 Å². The van der Waals surface area contributed by atoms with Gasteiger partial charge in [0, 0.05) is 31.1 Å². The molecule has 6 heteroatoms. The minimum Gasteiger partial charge on any atom is -0.373 e. The van der Waals surface area contributed by atoms with Gasteiger partial charge in [0.2, 0.25) is 5.91 Å². The van der Waals surface area contributed by atoms with Crippen LogP contribution in [0.15, 0.2) is 36.4 Å². The fraction of sp³-hybridized carbons (Fsp3) is 0.267. The minimum absolute atomic E-state index is 0.0919. The van der Waals surface area contributed by atoms with Gasteiger partial charge in [-0.25, -0.2) is 9.97 Å². The normalized spacial score (nSPS) is 11.7. The van der Waals surface area contributed by atoms with E-state index in [-0.39, 0.29) is 18.4 Å². The first-order chi connectivity index (χ1) is 10.1. The van der Waals surface area contributed by atoms with Crippen LogP contribution in [0.1, 0.15) is 13.3 Å². The molecule has 0 aliphatic rings. The van der Waals surface area contributed by atoms with E-state index in [1.165, 1.54) is 0 Å². The maximum Gasteiger partial charge on any atom is 0.219 e. The largest absolute Gasteiger partial charge is 0.373 e. The van der Waals surface area contributed by atoms with Crippen LogP contribution >= 0.6 is 0 Å². The summed E-state index contributed by atoms with van der Waals surface area (Å²) in [5, 5.41) is 6.17. The summed E-state index contributed by atoms with van der Waals surface area (Å²) in [7, 11) is 1.80. The Bertz CT molecular complexity index is 615. The van der Waals surface area contributed by atoms with Gasteiger partial charge in [-0.3, -0.25) is 4.79 Å². The average Bonchev–Trinajstić information content (AvgIpc) is 2.46. The molecular formula is C15H19N5O. The molecule has 1 unspecified atom stereocenters. The molecule has 0 fully saturated rings. The van der Waals surface area contributed by atoms with Crippen LogP contribution in [0.4, 0.5) is 11.6 Å². The first kappa shape index (κ1) is 14.8. The lowest BCUT2D eigenvalue weighted by Crippen LogP contribution is -2.24. The summed E-state index contributed by atoms with van der Waals surface area (Å²) in [6.45, 7) is 1.88. The van der Waals surface area contributed by atoms with Gasteiger partial charge < -0.3 is 16.4 Å². The van der Waals surface area contributed by atoms with Crippen molar-refractivity contribution in [2.75, 3.05) is 17.7 Å². The number of benzene rings is 1. The zero-order valence-corrected chi connectivity index (χ0v) is 12.1. The van der Waals surface area contributed by atoms with Gasteiger partial charge in [-0.2, -0.15) is 0 Å².